The van der Waals surface area contributed by atoms with Crippen molar-refractivity contribution in [3.8, 4) is 0 Å². The van der Waals surface area contributed by atoms with Crippen LogP contribution in [0, 0.1) is 0 Å². The molecule has 2 N–H and O–H groups in total. The first-order chi connectivity index (χ1) is 17.8. The van der Waals surface area contributed by atoms with Gasteiger partial charge in [-0.05, 0) is 48.2 Å². The van der Waals surface area contributed by atoms with E-state index in [1.807, 2.05) is 35.4 Å². The van der Waals surface area contributed by atoms with Crippen LogP contribution in [0.5, 0.6) is 0 Å². The highest BCUT2D eigenvalue weighted by molar-refractivity contribution is 5.94. The number of piperazine rings is 1. The second kappa shape index (κ2) is 10.1. The molecule has 0 bridgehead atoms. The van der Waals surface area contributed by atoms with Gasteiger partial charge in [-0.15, -0.1) is 0 Å². The predicted molar refractivity (Wildman–Crippen MR) is 147 cm³/mol. The summed E-state index contributed by atoms with van der Waals surface area (Å²) in [7, 11) is 0. The van der Waals surface area contributed by atoms with Crippen molar-refractivity contribution in [3.63, 3.8) is 0 Å². The van der Waals surface area contributed by atoms with Crippen LogP contribution in [0.4, 0.5) is 16.2 Å². The van der Waals surface area contributed by atoms with Gasteiger partial charge in [-0.2, -0.15) is 0 Å². The van der Waals surface area contributed by atoms with Gasteiger partial charge in [0.25, 0.3) is 0 Å². The van der Waals surface area contributed by atoms with E-state index in [1.54, 1.807) is 0 Å². The number of hydrogen-bond donors (Lipinski definition) is 2. The van der Waals surface area contributed by atoms with Crippen molar-refractivity contribution in [2.45, 2.75) is 25.4 Å². The average molecular weight is 480 g/mol. The van der Waals surface area contributed by atoms with Crippen LogP contribution in [0.25, 0.3) is 10.9 Å². The lowest BCUT2D eigenvalue weighted by Crippen LogP contribution is -2.55. The molecule has 1 atom stereocenters. The Labute approximate surface area is 212 Å². The Balaban J connectivity index is 1.14. The Morgan fingerprint density at radius 1 is 0.861 bits per heavy atom. The minimum atomic E-state index is -0.00576. The topological polar surface area (TPSA) is 54.6 Å². The Bertz CT molecular complexity index is 1330. The summed E-state index contributed by atoms with van der Waals surface area (Å²) < 4.78 is 0. The van der Waals surface area contributed by atoms with Gasteiger partial charge in [-0.3, -0.25) is 9.80 Å². The smallest absolute Gasteiger partial charge is 0.322 e. The average Bonchev–Trinajstić information content (AvgIpc) is 3.42. The number of nitrogens with zero attached hydrogens (tertiary/aromatic N) is 3. The van der Waals surface area contributed by atoms with Gasteiger partial charge in [0.05, 0.1) is 6.04 Å². The molecule has 2 amide bonds. The lowest BCUT2D eigenvalue weighted by atomic mass is 9.95. The number of carbonyl (C=O) groups is 1. The van der Waals surface area contributed by atoms with E-state index < -0.39 is 0 Å². The molecule has 6 rings (SSSR count). The van der Waals surface area contributed by atoms with Crippen LogP contribution in [-0.2, 0) is 13.0 Å². The maximum atomic E-state index is 13.5. The molecule has 0 spiro atoms. The maximum absolute atomic E-state index is 13.5. The molecular formula is C30H33N5O. The van der Waals surface area contributed by atoms with E-state index in [9.17, 15) is 4.79 Å². The van der Waals surface area contributed by atoms with E-state index in [0.29, 0.717) is 6.54 Å². The zero-order valence-electron chi connectivity index (χ0n) is 20.6. The Kier molecular flexibility index (Phi) is 6.35. The predicted octanol–water partition coefficient (Wildman–Crippen LogP) is 5.02. The second-order valence-electron chi connectivity index (χ2n) is 9.84. The molecule has 3 heterocycles. The minimum Gasteiger partial charge on any atom is -0.368 e. The molecule has 1 aromatic heterocycles. The van der Waals surface area contributed by atoms with Crippen molar-refractivity contribution >= 4 is 28.3 Å². The fourth-order valence-corrected chi connectivity index (χ4v) is 5.73. The van der Waals surface area contributed by atoms with Crippen LogP contribution < -0.4 is 15.1 Å². The van der Waals surface area contributed by atoms with Crippen LogP contribution in [0.15, 0.2) is 85.1 Å². The number of benzene rings is 3. The van der Waals surface area contributed by atoms with Crippen LogP contribution >= 0.6 is 0 Å². The fraction of sp³-hybridized carbons (Fsp3) is 0.300. The third kappa shape index (κ3) is 4.56. The molecule has 184 valence electrons. The molecular weight excluding hydrogens is 446 g/mol. The molecule has 1 unspecified atom stereocenters. The minimum absolute atomic E-state index is 0.00576. The van der Waals surface area contributed by atoms with Crippen molar-refractivity contribution in [3.05, 3.63) is 96.2 Å². The monoisotopic (exact) mass is 479 g/mol. The van der Waals surface area contributed by atoms with Crippen LogP contribution in [0.2, 0.25) is 0 Å². The van der Waals surface area contributed by atoms with Gasteiger partial charge < -0.3 is 15.2 Å². The number of H-pyrrole nitrogens is 1. The van der Waals surface area contributed by atoms with Crippen LogP contribution in [0.1, 0.15) is 17.5 Å². The van der Waals surface area contributed by atoms with Gasteiger partial charge in [-0.1, -0.05) is 54.6 Å². The third-order valence-electron chi connectivity index (χ3n) is 7.62. The lowest BCUT2D eigenvalue weighted by molar-refractivity contribution is 0.220. The van der Waals surface area contributed by atoms with Crippen LogP contribution in [-0.4, -0.2) is 54.7 Å². The van der Waals surface area contributed by atoms with Gasteiger partial charge in [0.2, 0.25) is 0 Å². The van der Waals surface area contributed by atoms with Crippen LogP contribution in [0.3, 0.4) is 0 Å². The molecule has 0 aliphatic carbocycles. The first-order valence-corrected chi connectivity index (χ1v) is 13.0. The van der Waals surface area contributed by atoms with Gasteiger partial charge in [0, 0.05) is 67.7 Å². The highest BCUT2D eigenvalue weighted by Gasteiger charge is 2.33. The fourth-order valence-electron chi connectivity index (χ4n) is 5.73. The SMILES string of the molecule is O=C(NCc1ccccc1)N1c2ccccc2CCC1CN1CCN(c2cccc3[nH]ccc23)CC1. The standard InChI is InChI=1S/C30H33N5O/c36-30(32-21-23-7-2-1-3-8-23)35-25(14-13-24-9-4-5-11-28(24)35)22-33-17-19-34(20-18-33)29-12-6-10-27-26(29)15-16-31-27/h1-12,15-16,25,31H,13-14,17-22H2,(H,32,36). The van der Waals surface area contributed by atoms with Crippen molar-refractivity contribution in [2.75, 3.05) is 42.5 Å². The summed E-state index contributed by atoms with van der Waals surface area (Å²) in [6.45, 7) is 5.42. The first-order valence-electron chi connectivity index (χ1n) is 13.0. The van der Waals surface area contributed by atoms with E-state index in [-0.39, 0.29) is 12.1 Å². The number of fused-ring (bicyclic) bond motifs is 2. The number of hydrogen-bond acceptors (Lipinski definition) is 3. The molecule has 0 saturated carbocycles. The lowest BCUT2D eigenvalue weighted by Gasteiger charge is -2.42. The molecule has 36 heavy (non-hydrogen) atoms. The first kappa shape index (κ1) is 22.7. The summed E-state index contributed by atoms with van der Waals surface area (Å²) in [6.07, 6.45) is 4.01. The number of carbonyl (C=O) groups excluding carboxylic acids is 1. The van der Waals surface area contributed by atoms with Gasteiger partial charge in [0.15, 0.2) is 0 Å². The third-order valence-corrected chi connectivity index (χ3v) is 7.62. The number of aryl methyl sites for hydroxylation is 1. The largest absolute Gasteiger partial charge is 0.368 e. The van der Waals surface area contributed by atoms with Crippen molar-refractivity contribution < 1.29 is 4.79 Å². The number of para-hydroxylation sites is 1. The number of aromatic amines is 1. The number of rotatable bonds is 5. The highest BCUT2D eigenvalue weighted by atomic mass is 16.2. The maximum Gasteiger partial charge on any atom is 0.322 e. The molecule has 2 aliphatic rings. The van der Waals surface area contributed by atoms with E-state index in [4.69, 9.17) is 0 Å². The van der Waals surface area contributed by atoms with E-state index in [0.717, 1.165) is 56.8 Å². The summed E-state index contributed by atoms with van der Waals surface area (Å²) in [5.74, 6) is 0. The number of amides is 2. The zero-order chi connectivity index (χ0) is 24.3. The molecule has 2 aliphatic heterocycles. The molecule has 0 radical (unpaired) electrons. The molecule has 6 heteroatoms. The van der Waals surface area contributed by atoms with Crippen molar-refractivity contribution in [1.82, 2.24) is 15.2 Å². The summed E-state index contributed by atoms with van der Waals surface area (Å²) in [5, 5.41) is 4.47. The Morgan fingerprint density at radius 2 is 1.64 bits per heavy atom. The van der Waals surface area contributed by atoms with E-state index in [1.165, 1.54) is 22.2 Å². The van der Waals surface area contributed by atoms with Crippen molar-refractivity contribution in [1.29, 1.82) is 0 Å². The summed E-state index contributed by atoms with van der Waals surface area (Å²) in [4.78, 5) is 23.9. The molecule has 4 aromatic rings. The second-order valence-corrected chi connectivity index (χ2v) is 9.84. The highest BCUT2D eigenvalue weighted by Crippen LogP contribution is 2.32. The zero-order valence-corrected chi connectivity index (χ0v) is 20.6. The number of urea groups is 1. The Hall–Kier alpha value is -3.77. The summed E-state index contributed by atoms with van der Waals surface area (Å²) >= 11 is 0. The quantitative estimate of drug-likeness (QED) is 0.423. The van der Waals surface area contributed by atoms with Gasteiger partial charge in [-0.25, -0.2) is 4.79 Å². The van der Waals surface area contributed by atoms with Crippen molar-refractivity contribution in [2.24, 2.45) is 0 Å². The van der Waals surface area contributed by atoms with E-state index in [2.05, 4.69) is 74.7 Å². The number of anilines is 2. The molecule has 3 aromatic carbocycles. The van der Waals surface area contributed by atoms with Gasteiger partial charge >= 0.3 is 6.03 Å². The molecule has 1 saturated heterocycles. The van der Waals surface area contributed by atoms with Gasteiger partial charge in [0.1, 0.15) is 0 Å². The Morgan fingerprint density at radius 3 is 2.50 bits per heavy atom. The number of aromatic nitrogens is 1. The normalized spacial score (nSPS) is 18.3. The molecule has 6 nitrogen and oxygen atoms in total. The summed E-state index contributed by atoms with van der Waals surface area (Å²) in [5.41, 5.74) is 5.92. The summed E-state index contributed by atoms with van der Waals surface area (Å²) in [6, 6.07) is 27.3. The number of nitrogens with one attached hydrogen (secondary N) is 2. The van der Waals surface area contributed by atoms with E-state index >= 15 is 0 Å². The molecule has 1 fully saturated rings.